The third kappa shape index (κ3) is 4.68. The molecule has 1 rings (SSSR count). The Hall–Kier alpha value is -1.67. The lowest BCUT2D eigenvalue weighted by molar-refractivity contribution is -0.385. The summed E-state index contributed by atoms with van der Waals surface area (Å²) in [6, 6.07) is 4.66. The van der Waals surface area contributed by atoms with Gasteiger partial charge in [0.05, 0.1) is 11.2 Å². The molecule has 0 amide bonds. The summed E-state index contributed by atoms with van der Waals surface area (Å²) >= 11 is 0. The highest BCUT2D eigenvalue weighted by Gasteiger charge is 2.09. The molecule has 100 valence electrons. The number of nitro benzene ring substituents is 1. The quantitative estimate of drug-likeness (QED) is 0.455. The molecule has 8 heteroatoms. The molecule has 2 N–H and O–H groups in total. The van der Waals surface area contributed by atoms with Crippen molar-refractivity contribution in [1.29, 1.82) is 0 Å². The number of hydrogen-bond acceptors (Lipinski definition) is 5. The number of nitro groups is 1. The number of anilines is 1. The number of benzene rings is 1. The average molecular weight is 273 g/mol. The molecule has 7 nitrogen and oxygen atoms in total. The first-order valence-electron chi connectivity index (χ1n) is 5.23. The molecule has 0 aliphatic rings. The van der Waals surface area contributed by atoms with Crippen molar-refractivity contribution >= 4 is 21.4 Å². The van der Waals surface area contributed by atoms with E-state index < -0.39 is 14.9 Å². The first-order valence-corrected chi connectivity index (χ1v) is 7.12. The third-order valence-corrected chi connectivity index (χ3v) is 2.94. The molecule has 0 saturated heterocycles. The van der Waals surface area contributed by atoms with Gasteiger partial charge in [0.25, 0.3) is 5.69 Å². The van der Waals surface area contributed by atoms with E-state index in [1.807, 2.05) is 0 Å². The van der Waals surface area contributed by atoms with Gasteiger partial charge in [0.1, 0.15) is 0 Å². The van der Waals surface area contributed by atoms with Crippen LogP contribution in [0.5, 0.6) is 0 Å². The smallest absolute Gasteiger partial charge is 0.272 e. The van der Waals surface area contributed by atoms with Crippen molar-refractivity contribution in [2.45, 2.75) is 6.92 Å². The normalized spacial score (nSPS) is 11.2. The summed E-state index contributed by atoms with van der Waals surface area (Å²) in [4.78, 5) is 10.2. The van der Waals surface area contributed by atoms with E-state index in [0.29, 0.717) is 17.8 Å². The lowest BCUT2D eigenvalue weighted by Crippen LogP contribution is -2.27. The summed E-state index contributed by atoms with van der Waals surface area (Å²) in [5, 5.41) is 13.6. The number of nitrogens with zero attached hydrogens (tertiary/aromatic N) is 1. The molecule has 0 atom stereocenters. The van der Waals surface area contributed by atoms with Gasteiger partial charge < -0.3 is 5.32 Å². The van der Waals surface area contributed by atoms with Crippen molar-refractivity contribution < 1.29 is 13.3 Å². The Morgan fingerprint density at radius 1 is 1.33 bits per heavy atom. The van der Waals surface area contributed by atoms with Crippen LogP contribution < -0.4 is 10.0 Å². The van der Waals surface area contributed by atoms with Gasteiger partial charge in [0.2, 0.25) is 10.0 Å². The highest BCUT2D eigenvalue weighted by Crippen LogP contribution is 2.21. The van der Waals surface area contributed by atoms with Gasteiger partial charge in [0, 0.05) is 30.4 Å². The zero-order chi connectivity index (χ0) is 13.8. The van der Waals surface area contributed by atoms with Gasteiger partial charge in [-0.1, -0.05) is 0 Å². The van der Waals surface area contributed by atoms with Gasteiger partial charge in [-0.15, -0.1) is 0 Å². The summed E-state index contributed by atoms with van der Waals surface area (Å²) in [5.41, 5.74) is 1.34. The summed E-state index contributed by atoms with van der Waals surface area (Å²) in [5.74, 6) is 0. The molecule has 0 heterocycles. The fourth-order valence-electron chi connectivity index (χ4n) is 1.41. The summed E-state index contributed by atoms with van der Waals surface area (Å²) in [7, 11) is -3.18. The predicted octanol–water partition coefficient (Wildman–Crippen LogP) is 0.864. The first-order chi connectivity index (χ1) is 8.29. The minimum absolute atomic E-state index is 0.0646. The maximum Gasteiger partial charge on any atom is 0.272 e. The Bertz CT molecular complexity index is 542. The summed E-state index contributed by atoms with van der Waals surface area (Å²) in [6.07, 6.45) is 1.09. The number of hydrogen-bond donors (Lipinski definition) is 2. The Kier molecular flexibility index (Phi) is 4.62. The molecule has 1 aromatic rings. The van der Waals surface area contributed by atoms with E-state index in [2.05, 4.69) is 10.0 Å². The van der Waals surface area contributed by atoms with Crippen molar-refractivity contribution in [3.63, 3.8) is 0 Å². The van der Waals surface area contributed by atoms with Crippen LogP contribution in [0.4, 0.5) is 11.4 Å². The molecular weight excluding hydrogens is 258 g/mol. The highest BCUT2D eigenvalue weighted by molar-refractivity contribution is 7.88. The van der Waals surface area contributed by atoms with E-state index in [9.17, 15) is 18.5 Å². The number of nitrogens with one attached hydrogen (secondary N) is 2. The van der Waals surface area contributed by atoms with Gasteiger partial charge in [-0.05, 0) is 19.1 Å². The average Bonchev–Trinajstić information content (AvgIpc) is 2.22. The number of sulfonamides is 1. The van der Waals surface area contributed by atoms with Gasteiger partial charge in [-0.25, -0.2) is 13.1 Å². The molecule has 0 fully saturated rings. The molecule has 0 aliphatic heterocycles. The monoisotopic (exact) mass is 273 g/mol. The summed E-state index contributed by atoms with van der Waals surface area (Å²) in [6.45, 7) is 2.32. The molecule has 0 spiro atoms. The van der Waals surface area contributed by atoms with Crippen LogP contribution in [0.1, 0.15) is 5.56 Å². The molecule has 18 heavy (non-hydrogen) atoms. The van der Waals surface area contributed by atoms with Crippen LogP contribution in [0, 0.1) is 17.0 Å². The molecule has 0 unspecified atom stereocenters. The summed E-state index contributed by atoms with van der Waals surface area (Å²) < 4.78 is 23.9. The Morgan fingerprint density at radius 3 is 2.50 bits per heavy atom. The molecule has 0 aliphatic carbocycles. The van der Waals surface area contributed by atoms with Crippen LogP contribution in [0.15, 0.2) is 18.2 Å². The predicted molar refractivity (Wildman–Crippen MR) is 69.2 cm³/mol. The number of rotatable bonds is 6. The van der Waals surface area contributed by atoms with Gasteiger partial charge in [-0.3, -0.25) is 10.1 Å². The van der Waals surface area contributed by atoms with E-state index in [0.717, 1.165) is 6.26 Å². The van der Waals surface area contributed by atoms with E-state index in [4.69, 9.17) is 0 Å². The Morgan fingerprint density at radius 2 is 2.00 bits per heavy atom. The second-order valence-corrected chi connectivity index (χ2v) is 5.68. The van der Waals surface area contributed by atoms with E-state index in [1.165, 1.54) is 6.07 Å². The second-order valence-electron chi connectivity index (χ2n) is 3.85. The fraction of sp³-hybridized carbons (Fsp3) is 0.400. The molecular formula is C10H15N3O4S. The van der Waals surface area contributed by atoms with Crippen molar-refractivity contribution in [1.82, 2.24) is 4.72 Å². The fourth-order valence-corrected chi connectivity index (χ4v) is 1.89. The molecule has 0 saturated carbocycles. The van der Waals surface area contributed by atoms with Gasteiger partial charge >= 0.3 is 0 Å². The zero-order valence-corrected chi connectivity index (χ0v) is 11.0. The van der Waals surface area contributed by atoms with Crippen molar-refractivity contribution in [2.75, 3.05) is 24.7 Å². The van der Waals surface area contributed by atoms with Crippen LogP contribution in [0.3, 0.4) is 0 Å². The molecule has 0 bridgehead atoms. The molecule has 1 aromatic carbocycles. The zero-order valence-electron chi connectivity index (χ0n) is 10.1. The standard InChI is InChI=1S/C10H15N3O4S/c1-8-7-9(3-4-10(8)13(14)15)11-5-6-12-18(2,16)17/h3-4,7,11-12H,5-6H2,1-2H3. The van der Waals surface area contributed by atoms with Crippen molar-refractivity contribution in [2.24, 2.45) is 0 Å². The van der Waals surface area contributed by atoms with Crippen LogP contribution in [0.25, 0.3) is 0 Å². The Labute approximate surface area is 105 Å². The lowest BCUT2D eigenvalue weighted by atomic mass is 10.2. The van der Waals surface area contributed by atoms with Crippen LogP contribution in [-0.4, -0.2) is 32.7 Å². The molecule has 0 aromatic heterocycles. The maximum absolute atomic E-state index is 10.8. The molecule has 0 radical (unpaired) electrons. The topological polar surface area (TPSA) is 101 Å². The third-order valence-electron chi connectivity index (χ3n) is 2.21. The number of aryl methyl sites for hydroxylation is 1. The van der Waals surface area contributed by atoms with Crippen molar-refractivity contribution in [3.05, 3.63) is 33.9 Å². The highest BCUT2D eigenvalue weighted by atomic mass is 32.2. The van der Waals surface area contributed by atoms with Crippen LogP contribution >= 0.6 is 0 Å². The maximum atomic E-state index is 10.8. The lowest BCUT2D eigenvalue weighted by Gasteiger charge is -2.07. The second kappa shape index (κ2) is 5.78. The van der Waals surface area contributed by atoms with E-state index >= 15 is 0 Å². The first kappa shape index (κ1) is 14.4. The van der Waals surface area contributed by atoms with Gasteiger partial charge in [-0.2, -0.15) is 0 Å². The Balaban J connectivity index is 2.54. The van der Waals surface area contributed by atoms with E-state index in [-0.39, 0.29) is 12.2 Å². The van der Waals surface area contributed by atoms with Gasteiger partial charge in [0.15, 0.2) is 0 Å². The van der Waals surface area contributed by atoms with Crippen molar-refractivity contribution in [3.8, 4) is 0 Å². The minimum Gasteiger partial charge on any atom is -0.384 e. The van der Waals surface area contributed by atoms with E-state index in [1.54, 1.807) is 19.1 Å². The van der Waals surface area contributed by atoms with Crippen LogP contribution in [-0.2, 0) is 10.0 Å². The largest absolute Gasteiger partial charge is 0.384 e. The minimum atomic E-state index is -3.18. The SMILES string of the molecule is Cc1cc(NCCNS(C)(=O)=O)ccc1[N+](=O)[O-]. The van der Waals surface area contributed by atoms with Crippen LogP contribution in [0.2, 0.25) is 0 Å².